The fraction of sp³-hybridized carbons (Fsp3) is 0.667. The van der Waals surface area contributed by atoms with E-state index in [0.717, 1.165) is 0 Å². The topological polar surface area (TPSA) is 52.9 Å². The lowest BCUT2D eigenvalue weighted by atomic mass is 9.79. The maximum Gasteiger partial charge on any atom is 0.293 e. The summed E-state index contributed by atoms with van der Waals surface area (Å²) in [4.78, 5) is 0.0124. The van der Waals surface area contributed by atoms with Gasteiger partial charge < -0.3 is 15.0 Å². The third-order valence-electron chi connectivity index (χ3n) is 3.32. The van der Waals surface area contributed by atoms with Crippen LogP contribution >= 0.6 is 0 Å². The molecule has 122 valence electrons. The Morgan fingerprint density at radius 2 is 2.50 bits per heavy atom. The van der Waals surface area contributed by atoms with E-state index in [0.29, 0.717) is 0 Å². The number of rotatable bonds is 4. The monoisotopic (exact) mass is 321 g/mol. The second-order valence-corrected chi connectivity index (χ2v) is 5.49. The van der Waals surface area contributed by atoms with Crippen LogP contribution in [-0.4, -0.2) is 42.7 Å². The second kappa shape index (κ2) is 6.09. The fourth-order valence-corrected chi connectivity index (χ4v) is 2.36. The lowest BCUT2D eigenvalue weighted by Crippen LogP contribution is -2.48. The normalized spacial score (nSPS) is 55.2. The summed E-state index contributed by atoms with van der Waals surface area (Å²) in [5, 5.41) is 15.5. The molecule has 0 aliphatic carbocycles. The molecule has 1 aromatic rings. The molecule has 3 atom stereocenters. The SMILES string of the molecule is [2H]Oc1c([2H])c2c(c([2H])c1OC([2H])([2H])[2H])C1N(C([2H])([2H])C2([2H])[2H])C([2H])([2H])C([2H])(CC(C)C)C([2H])(O)C1([2H])[2H]. The summed E-state index contributed by atoms with van der Waals surface area (Å²) in [6.07, 6.45) is -11.3. The van der Waals surface area contributed by atoms with E-state index >= 15 is 0 Å². The highest BCUT2D eigenvalue weighted by Crippen LogP contribution is 2.43. The van der Waals surface area contributed by atoms with Crippen molar-refractivity contribution < 1.29 is 35.5 Å². The number of piperidine rings is 1. The van der Waals surface area contributed by atoms with Crippen LogP contribution in [-0.2, 0) is 6.37 Å². The van der Waals surface area contributed by atoms with Crippen LogP contribution in [0.2, 0.25) is 0 Å². The molecule has 2 N–H and O–H groups in total. The van der Waals surface area contributed by atoms with Gasteiger partial charge in [0.15, 0.2) is 11.5 Å². The molecule has 3 unspecified atom stereocenters. The summed E-state index contributed by atoms with van der Waals surface area (Å²) in [7, 11) is -3.31. The van der Waals surface area contributed by atoms with Gasteiger partial charge in [0.25, 0.3) is 1.43 Å². The van der Waals surface area contributed by atoms with Crippen LogP contribution in [0.4, 0.5) is 0 Å². The number of aromatic hydroxyl groups is 1. The number of fused-ring (bicyclic) bond motifs is 3. The Morgan fingerprint density at radius 3 is 3.23 bits per heavy atom. The van der Waals surface area contributed by atoms with E-state index in [1.807, 2.05) is 0 Å². The van der Waals surface area contributed by atoms with Crippen molar-refractivity contribution >= 4 is 0 Å². The van der Waals surface area contributed by atoms with E-state index in [2.05, 4.69) is 5.11 Å². The Balaban J connectivity index is 2.59. The van der Waals surface area contributed by atoms with Gasteiger partial charge in [-0.2, -0.15) is 0 Å². The van der Waals surface area contributed by atoms with Crippen molar-refractivity contribution in [3.63, 3.8) is 0 Å². The van der Waals surface area contributed by atoms with Gasteiger partial charge in [0.05, 0.1) is 21.3 Å². The van der Waals surface area contributed by atoms with Crippen LogP contribution in [0.1, 0.15) is 64.4 Å². The molecular weight excluding hydrogens is 278 g/mol. The molecule has 4 nitrogen and oxygen atoms in total. The van der Waals surface area contributed by atoms with E-state index < -0.39 is 97.8 Å². The molecule has 0 aromatic heterocycles. The number of hydrogen-bond acceptors (Lipinski definition) is 4. The molecular formula is C18H27NO3. The number of phenols is 1. The zero-order valence-electron chi connectivity index (χ0n) is 28.1. The molecule has 0 bridgehead atoms. The predicted molar refractivity (Wildman–Crippen MR) is 86.2 cm³/mol. The Morgan fingerprint density at radius 1 is 1.64 bits per heavy atom. The van der Waals surface area contributed by atoms with Crippen molar-refractivity contribution in [1.29, 1.82) is 1.43 Å². The maximum atomic E-state index is 11.2. The van der Waals surface area contributed by atoms with Crippen LogP contribution in [0.3, 0.4) is 0 Å². The molecule has 0 spiro atoms. The molecule has 1 fully saturated rings. The van der Waals surface area contributed by atoms with Gasteiger partial charge in [-0.1, -0.05) is 13.8 Å². The van der Waals surface area contributed by atoms with Gasteiger partial charge in [-0.05, 0) is 54.2 Å². The average molecular weight is 322 g/mol. The molecule has 0 radical (unpaired) electrons. The highest BCUT2D eigenvalue weighted by atomic mass is 16.5. The molecule has 2 aliphatic heterocycles. The number of benzene rings is 1. The zero-order valence-corrected chi connectivity index (χ0v) is 12.1. The molecule has 0 saturated carbocycles. The summed E-state index contributed by atoms with van der Waals surface area (Å²) in [5.74, 6) is -5.94. The van der Waals surface area contributed by atoms with Gasteiger partial charge in [0, 0.05) is 31.4 Å². The van der Waals surface area contributed by atoms with Crippen molar-refractivity contribution in [2.75, 3.05) is 20.0 Å². The van der Waals surface area contributed by atoms with Crippen molar-refractivity contribution in [3.05, 3.63) is 23.2 Å². The number of hydrogen-bond donors (Lipinski definition) is 2. The minimum Gasteiger partial charge on any atom is -0.504 e. The first kappa shape index (κ1) is 5.38. The molecule has 1 aromatic carbocycles. The van der Waals surface area contributed by atoms with Gasteiger partial charge in [-0.25, -0.2) is 0 Å². The fourth-order valence-electron chi connectivity index (χ4n) is 2.36. The number of nitrogens with zero attached hydrogens (tertiary/aromatic N) is 1. The molecule has 2 aliphatic rings. The molecule has 4 heteroatoms. The van der Waals surface area contributed by atoms with Gasteiger partial charge in [0.2, 0.25) is 0 Å². The maximum absolute atomic E-state index is 11.2. The van der Waals surface area contributed by atoms with Crippen LogP contribution in [0.25, 0.3) is 0 Å². The highest BCUT2D eigenvalue weighted by molar-refractivity contribution is 5.48. The molecule has 3 rings (SSSR count). The average Bonchev–Trinajstić information content (AvgIpc) is 2.70. The predicted octanol–water partition coefficient (Wildman–Crippen LogP) is 2.73. The van der Waals surface area contributed by atoms with Gasteiger partial charge in [0.1, 0.15) is 0 Å². The molecule has 22 heavy (non-hydrogen) atoms. The summed E-state index contributed by atoms with van der Waals surface area (Å²) in [5.41, 5.74) is -2.06. The van der Waals surface area contributed by atoms with E-state index in [-0.39, 0.29) is 4.90 Å². The van der Waals surface area contributed by atoms with Crippen molar-refractivity contribution in [2.24, 2.45) is 11.8 Å². The molecule has 1 saturated heterocycles. The number of ether oxygens (including phenoxy) is 1. The van der Waals surface area contributed by atoms with Crippen LogP contribution < -0.4 is 4.74 Å². The first-order valence-corrected chi connectivity index (χ1v) is 6.79. The number of phenolic OH excluding ortho intramolecular Hbond substituents is 1. The Labute approximate surface area is 155 Å². The molecule has 2 heterocycles. The van der Waals surface area contributed by atoms with Crippen molar-refractivity contribution in [2.45, 2.75) is 45.1 Å². The van der Waals surface area contributed by atoms with E-state index in [4.69, 9.17) is 26.7 Å². The minimum absolute atomic E-state index is 0.0124. The smallest absolute Gasteiger partial charge is 0.293 e. The van der Waals surface area contributed by atoms with Crippen molar-refractivity contribution in [3.8, 4) is 11.5 Å². The second-order valence-electron chi connectivity index (χ2n) is 5.49. The van der Waals surface area contributed by atoms with Crippen molar-refractivity contribution in [1.82, 2.24) is 4.90 Å². The van der Waals surface area contributed by atoms with E-state index in [9.17, 15) is 5.11 Å². The third-order valence-corrected chi connectivity index (χ3v) is 3.32. The van der Waals surface area contributed by atoms with Crippen LogP contribution in [0, 0.1) is 11.8 Å². The highest BCUT2D eigenvalue weighted by Gasteiger charge is 2.38. The number of aliphatic hydroxyl groups is 1. The third kappa shape index (κ3) is 2.82. The Hall–Kier alpha value is -1.26. The Bertz CT molecular complexity index is 1130. The quantitative estimate of drug-likeness (QED) is 0.895. The zero-order chi connectivity index (χ0) is 29.8. The van der Waals surface area contributed by atoms with Gasteiger partial charge in [-0.15, -0.1) is 0 Å². The number of methoxy groups -OCH3 is 1. The minimum atomic E-state index is -3.64. The summed E-state index contributed by atoms with van der Waals surface area (Å²) in [6.45, 7) is -4.05. The van der Waals surface area contributed by atoms with Gasteiger partial charge in [-0.3, -0.25) is 4.90 Å². The first-order chi connectivity index (χ1) is 16.8. The lowest BCUT2D eigenvalue weighted by Gasteiger charge is -2.46. The largest absolute Gasteiger partial charge is 0.504 e. The van der Waals surface area contributed by atoms with Gasteiger partial charge >= 0.3 is 0 Å². The first-order valence-electron chi connectivity index (χ1n) is 14.7. The van der Waals surface area contributed by atoms with E-state index in [1.54, 1.807) is 0 Å². The Kier molecular flexibility index (Phi) is 1.49. The summed E-state index contributed by atoms with van der Waals surface area (Å²) >= 11 is 0. The summed E-state index contributed by atoms with van der Waals surface area (Å²) < 4.78 is 138. The lowest BCUT2D eigenvalue weighted by molar-refractivity contribution is -0.0191. The van der Waals surface area contributed by atoms with E-state index in [1.165, 1.54) is 13.8 Å². The molecule has 0 amide bonds. The van der Waals surface area contributed by atoms with Crippen LogP contribution in [0.15, 0.2) is 12.1 Å². The van der Waals surface area contributed by atoms with Crippen LogP contribution in [0.5, 0.6) is 11.5 Å². The standard InChI is InChI=1S/C18H27NO3/c1-11(2)6-13-10-19-5-4-12-7-17(21)18(22-3)8-14(12)15(19)9-16(13)20/h7-8,11,13,15-16,20-21H,4-6,9-10H2,1-3H3/i3D3,4D2,5D2,7D,8D,9D2,10D2,13D,16D/hD. The summed E-state index contributed by atoms with van der Waals surface area (Å²) in [6, 6.07) is -4.89.